The normalized spacial score (nSPS) is 9.85. The number of hydrogen-bond acceptors (Lipinski definition) is 3. The molecule has 0 heterocycles. The number of nitrogens with zero attached hydrogens (tertiary/aromatic N) is 1. The Hall–Kier alpha value is -1.99. The Morgan fingerprint density at radius 1 is 1.15 bits per heavy atom. The van der Waals surface area contributed by atoms with Crippen LogP contribution in [-0.4, -0.2) is 10.0 Å². The van der Waals surface area contributed by atoms with Crippen LogP contribution in [0.5, 0.6) is 0 Å². The molecule has 0 aliphatic rings. The lowest BCUT2D eigenvalue weighted by molar-refractivity contribution is -0.384. The van der Waals surface area contributed by atoms with Crippen LogP contribution in [0.2, 0.25) is 0 Å². The molecule has 0 bridgehead atoms. The SMILES string of the molecule is O=[N+]([O-])c1cccc(NC(=S)Nc2ccccc2Br)c1. The first kappa shape index (κ1) is 14.4. The Balaban J connectivity index is 2.07. The van der Waals surface area contributed by atoms with Crippen molar-refractivity contribution in [1.82, 2.24) is 0 Å². The minimum absolute atomic E-state index is 0.0127. The lowest BCUT2D eigenvalue weighted by Gasteiger charge is -2.11. The van der Waals surface area contributed by atoms with E-state index in [4.69, 9.17) is 12.2 Å². The Kier molecular flexibility index (Phi) is 4.65. The molecular formula is C13H10BrN3O2S. The Labute approximate surface area is 129 Å². The van der Waals surface area contributed by atoms with Gasteiger partial charge in [-0.15, -0.1) is 0 Å². The van der Waals surface area contributed by atoms with Gasteiger partial charge in [-0.05, 0) is 46.3 Å². The molecule has 0 atom stereocenters. The predicted octanol–water partition coefficient (Wildman–Crippen LogP) is 4.17. The molecule has 0 saturated carbocycles. The zero-order valence-electron chi connectivity index (χ0n) is 10.2. The molecule has 20 heavy (non-hydrogen) atoms. The van der Waals surface area contributed by atoms with Gasteiger partial charge in [0.05, 0.1) is 10.6 Å². The van der Waals surface area contributed by atoms with Gasteiger partial charge in [-0.3, -0.25) is 10.1 Å². The number of halogens is 1. The molecule has 0 aliphatic carbocycles. The van der Waals surface area contributed by atoms with E-state index in [0.717, 1.165) is 10.2 Å². The largest absolute Gasteiger partial charge is 0.332 e. The Bertz CT molecular complexity index is 664. The Morgan fingerprint density at radius 3 is 2.60 bits per heavy atom. The molecule has 5 nitrogen and oxygen atoms in total. The van der Waals surface area contributed by atoms with E-state index in [1.165, 1.54) is 12.1 Å². The summed E-state index contributed by atoms with van der Waals surface area (Å²) < 4.78 is 0.878. The number of hydrogen-bond donors (Lipinski definition) is 2. The highest BCUT2D eigenvalue weighted by Gasteiger charge is 2.07. The highest BCUT2D eigenvalue weighted by atomic mass is 79.9. The summed E-state index contributed by atoms with van der Waals surface area (Å²) in [4.78, 5) is 10.2. The maximum absolute atomic E-state index is 10.7. The minimum atomic E-state index is -0.449. The zero-order chi connectivity index (χ0) is 14.5. The lowest BCUT2D eigenvalue weighted by Crippen LogP contribution is -2.19. The van der Waals surface area contributed by atoms with Crippen LogP contribution in [0.15, 0.2) is 53.0 Å². The first-order chi connectivity index (χ1) is 9.56. The maximum atomic E-state index is 10.7. The average molecular weight is 352 g/mol. The van der Waals surface area contributed by atoms with Gasteiger partial charge >= 0.3 is 0 Å². The number of nitro benzene ring substituents is 1. The van der Waals surface area contributed by atoms with Crippen molar-refractivity contribution in [2.75, 3.05) is 10.6 Å². The molecule has 0 spiro atoms. The van der Waals surface area contributed by atoms with E-state index in [-0.39, 0.29) is 5.69 Å². The molecule has 2 aromatic carbocycles. The number of non-ortho nitro benzene ring substituents is 1. The number of benzene rings is 2. The van der Waals surface area contributed by atoms with Crippen molar-refractivity contribution in [2.45, 2.75) is 0 Å². The second-order valence-corrected chi connectivity index (χ2v) is 5.13. The van der Waals surface area contributed by atoms with Crippen molar-refractivity contribution < 1.29 is 4.92 Å². The van der Waals surface area contributed by atoms with Crippen LogP contribution in [0.25, 0.3) is 0 Å². The first-order valence-electron chi connectivity index (χ1n) is 5.63. The van der Waals surface area contributed by atoms with Gasteiger partial charge in [0.1, 0.15) is 0 Å². The van der Waals surface area contributed by atoms with Crippen molar-refractivity contribution in [3.8, 4) is 0 Å². The van der Waals surface area contributed by atoms with Crippen LogP contribution < -0.4 is 10.6 Å². The molecule has 7 heteroatoms. The summed E-state index contributed by atoms with van der Waals surface area (Å²) in [5.41, 5.74) is 1.39. The molecule has 0 aromatic heterocycles. The van der Waals surface area contributed by atoms with Crippen LogP contribution in [-0.2, 0) is 0 Å². The average Bonchev–Trinajstić information content (AvgIpc) is 2.41. The van der Waals surface area contributed by atoms with Crippen molar-refractivity contribution in [3.05, 3.63) is 63.1 Å². The Morgan fingerprint density at radius 2 is 1.90 bits per heavy atom. The zero-order valence-corrected chi connectivity index (χ0v) is 12.6. The fourth-order valence-electron chi connectivity index (χ4n) is 1.54. The van der Waals surface area contributed by atoms with E-state index in [0.29, 0.717) is 10.8 Å². The van der Waals surface area contributed by atoms with Crippen molar-refractivity contribution in [2.24, 2.45) is 0 Å². The first-order valence-corrected chi connectivity index (χ1v) is 6.83. The van der Waals surface area contributed by atoms with Gasteiger partial charge in [0.2, 0.25) is 0 Å². The molecule has 0 aliphatic heterocycles. The monoisotopic (exact) mass is 351 g/mol. The number of nitro groups is 1. The van der Waals surface area contributed by atoms with E-state index in [9.17, 15) is 10.1 Å². The summed E-state index contributed by atoms with van der Waals surface area (Å²) in [6.45, 7) is 0. The molecule has 2 N–H and O–H groups in total. The van der Waals surface area contributed by atoms with Crippen molar-refractivity contribution >= 4 is 50.3 Å². The summed E-state index contributed by atoms with van der Waals surface area (Å²) in [6, 6.07) is 13.7. The van der Waals surface area contributed by atoms with Crippen molar-refractivity contribution in [3.63, 3.8) is 0 Å². The molecule has 0 unspecified atom stereocenters. The van der Waals surface area contributed by atoms with Crippen molar-refractivity contribution in [1.29, 1.82) is 0 Å². The summed E-state index contributed by atoms with van der Waals surface area (Å²) in [5.74, 6) is 0. The minimum Gasteiger partial charge on any atom is -0.332 e. The van der Waals surface area contributed by atoms with Gasteiger partial charge < -0.3 is 10.6 Å². The second kappa shape index (κ2) is 6.44. The molecule has 0 fully saturated rings. The molecule has 2 aromatic rings. The van der Waals surface area contributed by atoms with Crippen LogP contribution in [0.4, 0.5) is 17.1 Å². The molecule has 0 saturated heterocycles. The maximum Gasteiger partial charge on any atom is 0.271 e. The van der Waals surface area contributed by atoms with Gasteiger partial charge in [-0.2, -0.15) is 0 Å². The van der Waals surface area contributed by atoms with E-state index < -0.39 is 4.92 Å². The van der Waals surface area contributed by atoms with Crippen LogP contribution >= 0.6 is 28.1 Å². The third-order valence-electron chi connectivity index (χ3n) is 2.44. The summed E-state index contributed by atoms with van der Waals surface area (Å²) >= 11 is 8.58. The van der Waals surface area contributed by atoms with Crippen LogP contribution in [0.3, 0.4) is 0 Å². The van der Waals surface area contributed by atoms with Crippen LogP contribution in [0, 0.1) is 10.1 Å². The fraction of sp³-hybridized carbons (Fsp3) is 0. The summed E-state index contributed by atoms with van der Waals surface area (Å²) in [6.07, 6.45) is 0. The fourth-order valence-corrected chi connectivity index (χ4v) is 2.16. The number of thiocarbonyl (C=S) groups is 1. The summed E-state index contributed by atoms with van der Waals surface area (Å²) in [7, 11) is 0. The molecule has 102 valence electrons. The van der Waals surface area contributed by atoms with Crippen LogP contribution in [0.1, 0.15) is 0 Å². The van der Waals surface area contributed by atoms with E-state index in [1.54, 1.807) is 12.1 Å². The van der Waals surface area contributed by atoms with Gasteiger partial charge in [-0.1, -0.05) is 18.2 Å². The quantitative estimate of drug-likeness (QED) is 0.493. The van der Waals surface area contributed by atoms with E-state index >= 15 is 0 Å². The molecular weight excluding hydrogens is 342 g/mol. The highest BCUT2D eigenvalue weighted by Crippen LogP contribution is 2.22. The standard InChI is InChI=1S/C13H10BrN3O2S/c14-11-6-1-2-7-12(11)16-13(20)15-9-4-3-5-10(8-9)17(18)19/h1-8H,(H2,15,16,20). The van der Waals surface area contributed by atoms with E-state index in [1.807, 2.05) is 24.3 Å². The lowest BCUT2D eigenvalue weighted by atomic mass is 10.3. The molecule has 0 radical (unpaired) electrons. The van der Waals surface area contributed by atoms with Gasteiger partial charge in [0.15, 0.2) is 5.11 Å². The van der Waals surface area contributed by atoms with Gasteiger partial charge in [0, 0.05) is 22.3 Å². The predicted molar refractivity (Wildman–Crippen MR) is 87.1 cm³/mol. The molecule has 0 amide bonds. The number of para-hydroxylation sites is 1. The third kappa shape index (κ3) is 3.75. The number of anilines is 2. The van der Waals surface area contributed by atoms with Gasteiger partial charge in [-0.25, -0.2) is 0 Å². The second-order valence-electron chi connectivity index (χ2n) is 3.87. The van der Waals surface area contributed by atoms with Gasteiger partial charge in [0.25, 0.3) is 5.69 Å². The summed E-state index contributed by atoms with van der Waals surface area (Å²) in [5, 5.41) is 17.0. The smallest absolute Gasteiger partial charge is 0.271 e. The highest BCUT2D eigenvalue weighted by molar-refractivity contribution is 9.10. The molecule has 2 rings (SSSR count). The number of rotatable bonds is 3. The number of nitrogens with one attached hydrogen (secondary N) is 2. The third-order valence-corrected chi connectivity index (χ3v) is 3.33. The topological polar surface area (TPSA) is 67.2 Å². The van der Waals surface area contributed by atoms with E-state index in [2.05, 4.69) is 26.6 Å².